The van der Waals surface area contributed by atoms with E-state index in [0.29, 0.717) is 12.2 Å². The molecule has 0 aromatic carbocycles. The zero-order valence-electron chi connectivity index (χ0n) is 11.3. The number of hydrogen-bond donors (Lipinski definition) is 2. The first-order valence-electron chi connectivity index (χ1n) is 6.88. The minimum absolute atomic E-state index is 0.256. The minimum Gasteiger partial charge on any atom is -0.462 e. The summed E-state index contributed by atoms with van der Waals surface area (Å²) in [5, 5.41) is 4.01. The van der Waals surface area contributed by atoms with E-state index in [0.717, 1.165) is 23.9 Å². The molecule has 0 amide bonds. The number of nitrogens with zero attached hydrogens (tertiary/aromatic N) is 1. The van der Waals surface area contributed by atoms with Crippen molar-refractivity contribution in [1.82, 2.24) is 4.37 Å². The van der Waals surface area contributed by atoms with E-state index in [1.165, 1.54) is 37.2 Å². The highest BCUT2D eigenvalue weighted by Crippen LogP contribution is 2.30. The Balaban J connectivity index is 1.90. The van der Waals surface area contributed by atoms with E-state index in [-0.39, 0.29) is 5.82 Å². The van der Waals surface area contributed by atoms with E-state index in [1.54, 1.807) is 6.92 Å². The summed E-state index contributed by atoms with van der Waals surface area (Å²) in [6, 6.07) is 0. The van der Waals surface area contributed by atoms with Crippen molar-refractivity contribution in [2.24, 2.45) is 5.92 Å². The number of nitrogen functional groups attached to an aromatic ring is 1. The summed E-state index contributed by atoms with van der Waals surface area (Å²) < 4.78 is 9.02. The lowest BCUT2D eigenvalue weighted by molar-refractivity contribution is 0.0529. The molecule has 3 N–H and O–H groups in total. The summed E-state index contributed by atoms with van der Waals surface area (Å²) in [6.45, 7) is 2.98. The maximum absolute atomic E-state index is 11.8. The van der Waals surface area contributed by atoms with Gasteiger partial charge in [-0.05, 0) is 30.8 Å². The number of nitrogens with one attached hydrogen (secondary N) is 1. The molecule has 0 aliphatic heterocycles. The van der Waals surface area contributed by atoms with Crippen LogP contribution in [0.1, 0.15) is 49.4 Å². The zero-order chi connectivity index (χ0) is 13.7. The lowest BCUT2D eigenvalue weighted by Crippen LogP contribution is -2.11. The first kappa shape index (κ1) is 14.1. The lowest BCUT2D eigenvalue weighted by atomic mass is 10.0. The van der Waals surface area contributed by atoms with Crippen LogP contribution in [0.15, 0.2) is 0 Å². The molecule has 1 aliphatic rings. The Morgan fingerprint density at radius 2 is 2.26 bits per heavy atom. The van der Waals surface area contributed by atoms with Gasteiger partial charge in [-0.3, -0.25) is 0 Å². The Morgan fingerprint density at radius 1 is 1.53 bits per heavy atom. The normalized spacial score (nSPS) is 15.6. The topological polar surface area (TPSA) is 77.2 Å². The summed E-state index contributed by atoms with van der Waals surface area (Å²) in [4.78, 5) is 11.8. The molecule has 19 heavy (non-hydrogen) atoms. The van der Waals surface area contributed by atoms with E-state index in [1.807, 2.05) is 0 Å². The van der Waals surface area contributed by atoms with Gasteiger partial charge in [0.2, 0.25) is 0 Å². The van der Waals surface area contributed by atoms with Crippen molar-refractivity contribution in [2.45, 2.75) is 39.0 Å². The molecule has 1 heterocycles. The van der Waals surface area contributed by atoms with E-state index < -0.39 is 5.97 Å². The zero-order valence-corrected chi connectivity index (χ0v) is 12.1. The van der Waals surface area contributed by atoms with Gasteiger partial charge in [0.15, 0.2) is 5.82 Å². The van der Waals surface area contributed by atoms with Gasteiger partial charge in [0.25, 0.3) is 0 Å². The number of nitrogens with two attached hydrogens (primary N) is 1. The third-order valence-electron chi connectivity index (χ3n) is 3.51. The fourth-order valence-electron chi connectivity index (χ4n) is 2.51. The molecule has 1 aliphatic carbocycles. The number of carbonyl (C=O) groups excluding carboxylic acids is 1. The minimum atomic E-state index is -0.392. The van der Waals surface area contributed by atoms with Crippen molar-refractivity contribution < 1.29 is 9.53 Å². The SMILES string of the molecule is CCOC(=O)c1c(N)nsc1NCCC1CCCC1. The smallest absolute Gasteiger partial charge is 0.344 e. The standard InChI is InChI=1S/C13H21N3O2S/c1-2-18-13(17)10-11(14)16-19-12(10)15-8-7-9-5-3-4-6-9/h9,15H,2-8H2,1H3,(H2,14,16). The lowest BCUT2D eigenvalue weighted by Gasteiger charge is -2.10. The number of rotatable bonds is 6. The van der Waals surface area contributed by atoms with Crippen LogP contribution in [0, 0.1) is 5.92 Å². The Hall–Kier alpha value is -1.30. The molecule has 6 heteroatoms. The highest BCUT2D eigenvalue weighted by molar-refractivity contribution is 7.11. The second kappa shape index (κ2) is 6.75. The second-order valence-electron chi connectivity index (χ2n) is 4.86. The molecule has 0 atom stereocenters. The van der Waals surface area contributed by atoms with Gasteiger partial charge in [-0.15, -0.1) is 0 Å². The van der Waals surface area contributed by atoms with Crippen LogP contribution in [0.25, 0.3) is 0 Å². The van der Waals surface area contributed by atoms with Crippen LogP contribution < -0.4 is 11.1 Å². The summed E-state index contributed by atoms with van der Waals surface area (Å²) in [6.07, 6.45) is 6.51. The number of anilines is 2. The molecule has 1 aromatic rings. The maximum Gasteiger partial charge on any atom is 0.344 e. The molecule has 0 unspecified atom stereocenters. The maximum atomic E-state index is 11.8. The number of carbonyl (C=O) groups is 1. The summed E-state index contributed by atoms with van der Waals surface area (Å²) in [7, 11) is 0. The molecular formula is C13H21N3O2S. The Kier molecular flexibility index (Phi) is 5.01. The van der Waals surface area contributed by atoms with Crippen LogP contribution in [0.4, 0.5) is 10.8 Å². The molecular weight excluding hydrogens is 262 g/mol. The van der Waals surface area contributed by atoms with E-state index >= 15 is 0 Å². The van der Waals surface area contributed by atoms with Crippen LogP contribution in [0.3, 0.4) is 0 Å². The fraction of sp³-hybridized carbons (Fsp3) is 0.692. The van der Waals surface area contributed by atoms with Gasteiger partial charge in [0.1, 0.15) is 10.6 Å². The molecule has 1 fully saturated rings. The predicted octanol–water partition coefficient (Wildman–Crippen LogP) is 2.89. The van der Waals surface area contributed by atoms with Gasteiger partial charge in [-0.1, -0.05) is 25.7 Å². The highest BCUT2D eigenvalue weighted by atomic mass is 32.1. The van der Waals surface area contributed by atoms with Gasteiger partial charge in [-0.2, -0.15) is 4.37 Å². The van der Waals surface area contributed by atoms with Crippen molar-refractivity contribution in [1.29, 1.82) is 0 Å². The largest absolute Gasteiger partial charge is 0.462 e. The average molecular weight is 283 g/mol. The van der Waals surface area contributed by atoms with E-state index in [9.17, 15) is 4.79 Å². The average Bonchev–Trinajstić information content (AvgIpc) is 3.00. The summed E-state index contributed by atoms with van der Waals surface area (Å²) in [5.41, 5.74) is 6.11. The van der Waals surface area contributed by atoms with Crippen LogP contribution >= 0.6 is 11.5 Å². The van der Waals surface area contributed by atoms with Crippen molar-refractivity contribution >= 4 is 28.3 Å². The number of hydrogen-bond acceptors (Lipinski definition) is 6. The number of ether oxygens (including phenoxy) is 1. The first-order valence-corrected chi connectivity index (χ1v) is 7.65. The fourth-order valence-corrected chi connectivity index (χ4v) is 3.24. The Bertz CT molecular complexity index is 428. The Morgan fingerprint density at radius 3 is 2.95 bits per heavy atom. The van der Waals surface area contributed by atoms with Crippen LogP contribution in [0.2, 0.25) is 0 Å². The monoisotopic (exact) mass is 283 g/mol. The molecule has 0 radical (unpaired) electrons. The van der Waals surface area contributed by atoms with Crippen LogP contribution in [-0.4, -0.2) is 23.5 Å². The molecule has 2 rings (SSSR count). The first-order chi connectivity index (χ1) is 9.22. The third kappa shape index (κ3) is 3.59. The molecule has 1 saturated carbocycles. The van der Waals surface area contributed by atoms with Gasteiger partial charge in [0.05, 0.1) is 6.61 Å². The molecule has 5 nitrogen and oxygen atoms in total. The van der Waals surface area contributed by atoms with Gasteiger partial charge < -0.3 is 15.8 Å². The van der Waals surface area contributed by atoms with Crippen molar-refractivity contribution in [3.05, 3.63) is 5.56 Å². The van der Waals surface area contributed by atoms with Gasteiger partial charge in [0, 0.05) is 6.54 Å². The summed E-state index contributed by atoms with van der Waals surface area (Å²) >= 11 is 1.23. The number of aromatic nitrogens is 1. The van der Waals surface area contributed by atoms with Crippen molar-refractivity contribution in [2.75, 3.05) is 24.2 Å². The van der Waals surface area contributed by atoms with E-state index in [2.05, 4.69) is 9.69 Å². The summed E-state index contributed by atoms with van der Waals surface area (Å²) in [5.74, 6) is 0.688. The quantitative estimate of drug-likeness (QED) is 0.785. The molecule has 0 saturated heterocycles. The van der Waals surface area contributed by atoms with Crippen LogP contribution in [0.5, 0.6) is 0 Å². The molecule has 106 valence electrons. The van der Waals surface area contributed by atoms with Gasteiger partial charge in [-0.25, -0.2) is 4.79 Å². The molecule has 0 bridgehead atoms. The predicted molar refractivity (Wildman–Crippen MR) is 77.5 cm³/mol. The second-order valence-corrected chi connectivity index (χ2v) is 5.63. The van der Waals surface area contributed by atoms with E-state index in [4.69, 9.17) is 10.5 Å². The molecule has 1 aromatic heterocycles. The van der Waals surface area contributed by atoms with Crippen molar-refractivity contribution in [3.8, 4) is 0 Å². The number of esters is 1. The third-order valence-corrected chi connectivity index (χ3v) is 4.33. The van der Waals surface area contributed by atoms with Crippen molar-refractivity contribution in [3.63, 3.8) is 0 Å². The van der Waals surface area contributed by atoms with Crippen LogP contribution in [-0.2, 0) is 4.74 Å². The Labute approximate surface area is 117 Å². The van der Waals surface area contributed by atoms with Gasteiger partial charge >= 0.3 is 5.97 Å². The molecule has 0 spiro atoms. The highest BCUT2D eigenvalue weighted by Gasteiger charge is 2.21.